The molecular formula is C20H21NO5. The molecular weight excluding hydrogens is 334 g/mol. The van der Waals surface area contributed by atoms with Crippen LogP contribution in [0.15, 0.2) is 48.5 Å². The van der Waals surface area contributed by atoms with Gasteiger partial charge in [-0.15, -0.1) is 0 Å². The number of benzene rings is 2. The van der Waals surface area contributed by atoms with Crippen molar-refractivity contribution in [3.05, 3.63) is 59.7 Å². The molecule has 1 amide bonds. The molecule has 0 aliphatic carbocycles. The molecule has 1 aliphatic rings. The Morgan fingerprint density at radius 1 is 1.08 bits per heavy atom. The Kier molecular flexibility index (Phi) is 5.73. The van der Waals surface area contributed by atoms with E-state index in [0.29, 0.717) is 36.7 Å². The van der Waals surface area contributed by atoms with Crippen LogP contribution in [0.4, 0.5) is 0 Å². The molecule has 6 nitrogen and oxygen atoms in total. The van der Waals surface area contributed by atoms with Gasteiger partial charge in [0.15, 0.2) is 11.5 Å². The average molecular weight is 355 g/mol. The Hall–Kier alpha value is -3.02. The molecule has 1 heterocycles. The second-order valence-electron chi connectivity index (χ2n) is 5.95. The zero-order valence-corrected chi connectivity index (χ0v) is 14.6. The van der Waals surface area contributed by atoms with Gasteiger partial charge in [0, 0.05) is 18.4 Å². The summed E-state index contributed by atoms with van der Waals surface area (Å²) in [5.41, 5.74) is 1.33. The Morgan fingerprint density at radius 2 is 1.81 bits per heavy atom. The third-order valence-electron chi connectivity index (χ3n) is 4.08. The fourth-order valence-electron chi connectivity index (χ4n) is 2.73. The summed E-state index contributed by atoms with van der Waals surface area (Å²) in [4.78, 5) is 24.7. The first-order valence-corrected chi connectivity index (χ1v) is 8.49. The second-order valence-corrected chi connectivity index (χ2v) is 5.95. The van der Waals surface area contributed by atoms with Gasteiger partial charge >= 0.3 is 5.97 Å². The Balaban J connectivity index is 1.75. The summed E-state index contributed by atoms with van der Waals surface area (Å²) in [5, 5.41) is 2.75. The van der Waals surface area contributed by atoms with Crippen LogP contribution in [-0.2, 0) is 16.0 Å². The molecule has 0 radical (unpaired) electrons. The van der Waals surface area contributed by atoms with E-state index in [1.54, 1.807) is 18.2 Å². The fourth-order valence-corrected chi connectivity index (χ4v) is 2.73. The predicted molar refractivity (Wildman–Crippen MR) is 95.5 cm³/mol. The largest absolute Gasteiger partial charge is 0.490 e. The number of nitrogens with one attached hydrogen (secondary N) is 1. The smallest absolute Gasteiger partial charge is 0.328 e. The first-order valence-electron chi connectivity index (χ1n) is 8.49. The van der Waals surface area contributed by atoms with E-state index in [0.717, 1.165) is 12.0 Å². The molecule has 1 N–H and O–H groups in total. The topological polar surface area (TPSA) is 73.9 Å². The van der Waals surface area contributed by atoms with E-state index in [1.807, 2.05) is 30.3 Å². The van der Waals surface area contributed by atoms with Crippen molar-refractivity contribution in [3.63, 3.8) is 0 Å². The van der Waals surface area contributed by atoms with Gasteiger partial charge in [-0.3, -0.25) is 4.79 Å². The van der Waals surface area contributed by atoms with Gasteiger partial charge in [-0.05, 0) is 23.8 Å². The molecule has 2 aromatic carbocycles. The van der Waals surface area contributed by atoms with E-state index in [4.69, 9.17) is 14.2 Å². The first kappa shape index (κ1) is 17.8. The molecule has 0 bridgehead atoms. The van der Waals surface area contributed by atoms with E-state index < -0.39 is 12.0 Å². The zero-order valence-electron chi connectivity index (χ0n) is 14.6. The quantitative estimate of drug-likeness (QED) is 0.834. The summed E-state index contributed by atoms with van der Waals surface area (Å²) in [6, 6.07) is 13.7. The van der Waals surface area contributed by atoms with E-state index >= 15 is 0 Å². The molecule has 1 aliphatic heterocycles. The fraction of sp³-hybridized carbons (Fsp3) is 0.300. The summed E-state index contributed by atoms with van der Waals surface area (Å²) in [5.74, 6) is 0.296. The summed E-state index contributed by atoms with van der Waals surface area (Å²) < 4.78 is 16.0. The highest BCUT2D eigenvalue weighted by molar-refractivity contribution is 5.97. The molecule has 3 rings (SSSR count). The van der Waals surface area contributed by atoms with Gasteiger partial charge in [-0.25, -0.2) is 4.79 Å². The van der Waals surface area contributed by atoms with Crippen molar-refractivity contribution in [1.82, 2.24) is 5.32 Å². The molecule has 0 saturated carbocycles. The van der Waals surface area contributed by atoms with Gasteiger partial charge in [0.2, 0.25) is 0 Å². The van der Waals surface area contributed by atoms with Crippen molar-refractivity contribution in [2.75, 3.05) is 20.3 Å². The van der Waals surface area contributed by atoms with Crippen molar-refractivity contribution in [2.45, 2.75) is 18.9 Å². The number of methoxy groups -OCH3 is 1. The van der Waals surface area contributed by atoms with Crippen LogP contribution in [0, 0.1) is 0 Å². The van der Waals surface area contributed by atoms with Crippen molar-refractivity contribution >= 4 is 11.9 Å². The first-order chi connectivity index (χ1) is 12.7. The lowest BCUT2D eigenvalue weighted by Crippen LogP contribution is -2.43. The number of amides is 1. The SMILES string of the molecule is COC(=O)[C@@H](Cc1ccccc1)NC(=O)c1ccc2c(c1)OCCCO2. The molecule has 136 valence electrons. The van der Waals surface area contributed by atoms with Gasteiger partial charge in [-0.2, -0.15) is 0 Å². The minimum absolute atomic E-state index is 0.351. The van der Waals surface area contributed by atoms with Crippen LogP contribution in [-0.4, -0.2) is 38.2 Å². The predicted octanol–water partition coefficient (Wildman–Crippen LogP) is 2.36. The standard InChI is InChI=1S/C20H21NO5/c1-24-20(23)16(12-14-6-3-2-4-7-14)21-19(22)15-8-9-17-18(13-15)26-11-5-10-25-17/h2-4,6-9,13,16H,5,10-12H2,1H3,(H,21,22)/t16-/m1/s1. The molecule has 1 atom stereocenters. The van der Waals surface area contributed by atoms with E-state index in [1.165, 1.54) is 7.11 Å². The normalized spacial score (nSPS) is 14.0. The Morgan fingerprint density at radius 3 is 2.54 bits per heavy atom. The minimum atomic E-state index is -0.772. The number of esters is 1. The maximum absolute atomic E-state index is 12.6. The summed E-state index contributed by atoms with van der Waals surface area (Å²) >= 11 is 0. The third kappa shape index (κ3) is 4.33. The van der Waals surface area contributed by atoms with Crippen molar-refractivity contribution in [3.8, 4) is 11.5 Å². The van der Waals surface area contributed by atoms with Crippen LogP contribution >= 0.6 is 0 Å². The number of ether oxygens (including phenoxy) is 3. The van der Waals surface area contributed by atoms with Crippen LogP contribution in [0.25, 0.3) is 0 Å². The lowest BCUT2D eigenvalue weighted by molar-refractivity contribution is -0.142. The minimum Gasteiger partial charge on any atom is -0.490 e. The maximum atomic E-state index is 12.6. The van der Waals surface area contributed by atoms with Crippen LogP contribution in [0.3, 0.4) is 0 Å². The molecule has 0 spiro atoms. The highest BCUT2D eigenvalue weighted by Gasteiger charge is 2.23. The molecule has 0 fully saturated rings. The number of carbonyl (C=O) groups excluding carboxylic acids is 2. The highest BCUT2D eigenvalue weighted by atomic mass is 16.5. The van der Waals surface area contributed by atoms with Gasteiger partial charge in [0.1, 0.15) is 6.04 Å². The van der Waals surface area contributed by atoms with Crippen LogP contribution in [0.1, 0.15) is 22.3 Å². The third-order valence-corrected chi connectivity index (χ3v) is 4.08. The van der Waals surface area contributed by atoms with Crippen LogP contribution < -0.4 is 14.8 Å². The van der Waals surface area contributed by atoms with Gasteiger partial charge in [-0.1, -0.05) is 30.3 Å². The highest BCUT2D eigenvalue weighted by Crippen LogP contribution is 2.30. The second kappa shape index (κ2) is 8.38. The Labute approximate surface area is 152 Å². The molecule has 0 aromatic heterocycles. The molecule has 2 aromatic rings. The molecule has 26 heavy (non-hydrogen) atoms. The van der Waals surface area contributed by atoms with E-state index in [2.05, 4.69) is 5.32 Å². The number of fused-ring (bicyclic) bond motifs is 1. The lowest BCUT2D eigenvalue weighted by atomic mass is 10.1. The summed E-state index contributed by atoms with van der Waals surface area (Å²) in [7, 11) is 1.31. The number of rotatable bonds is 5. The van der Waals surface area contributed by atoms with E-state index in [9.17, 15) is 9.59 Å². The number of hydrogen-bond acceptors (Lipinski definition) is 5. The summed E-state index contributed by atoms with van der Waals surface area (Å²) in [6.45, 7) is 1.12. The van der Waals surface area contributed by atoms with Crippen molar-refractivity contribution < 1.29 is 23.8 Å². The number of carbonyl (C=O) groups is 2. The molecule has 0 saturated heterocycles. The van der Waals surface area contributed by atoms with Crippen LogP contribution in [0.2, 0.25) is 0 Å². The van der Waals surface area contributed by atoms with Gasteiger partial charge in [0.25, 0.3) is 5.91 Å². The zero-order chi connectivity index (χ0) is 18.4. The monoisotopic (exact) mass is 355 g/mol. The van der Waals surface area contributed by atoms with Gasteiger partial charge < -0.3 is 19.5 Å². The van der Waals surface area contributed by atoms with Crippen LogP contribution in [0.5, 0.6) is 11.5 Å². The average Bonchev–Trinajstić information content (AvgIpc) is 2.92. The van der Waals surface area contributed by atoms with Crippen molar-refractivity contribution in [1.29, 1.82) is 0 Å². The molecule has 0 unspecified atom stereocenters. The maximum Gasteiger partial charge on any atom is 0.328 e. The Bertz CT molecular complexity index is 775. The lowest BCUT2D eigenvalue weighted by Gasteiger charge is -2.17. The van der Waals surface area contributed by atoms with Crippen molar-refractivity contribution in [2.24, 2.45) is 0 Å². The molecule has 6 heteroatoms. The summed E-state index contributed by atoms with van der Waals surface area (Å²) in [6.07, 6.45) is 1.14. The number of hydrogen-bond donors (Lipinski definition) is 1. The van der Waals surface area contributed by atoms with Gasteiger partial charge in [0.05, 0.1) is 20.3 Å². The van der Waals surface area contributed by atoms with E-state index in [-0.39, 0.29) is 5.91 Å².